The Morgan fingerprint density at radius 1 is 1.05 bits per heavy atom. The van der Waals surface area contributed by atoms with Crippen molar-refractivity contribution >= 4 is 40.8 Å². The molecule has 2 aromatic rings. The number of ether oxygens (including phenoxy) is 1. The fourth-order valence-corrected chi connectivity index (χ4v) is 3.66. The van der Waals surface area contributed by atoms with Gasteiger partial charge in [0.25, 0.3) is 0 Å². The second-order valence-corrected chi connectivity index (χ2v) is 9.01. The normalized spacial score (nSPS) is 12.5. The number of aliphatic hydroxyl groups excluding tert-OH is 1. The number of nitrogens with one attached hydrogen (secondary N) is 1. The molecule has 204 valence electrons. The lowest BCUT2D eigenvalue weighted by Crippen LogP contribution is -2.33. The molecule has 0 radical (unpaired) electrons. The summed E-state index contributed by atoms with van der Waals surface area (Å²) in [6, 6.07) is 9.16. The van der Waals surface area contributed by atoms with Gasteiger partial charge in [0.05, 0.1) is 28.4 Å². The van der Waals surface area contributed by atoms with Crippen LogP contribution in [0.2, 0.25) is 10.0 Å². The molecule has 0 amide bonds. The molecule has 2 rings (SSSR count). The molecule has 1 heterocycles. The first-order valence-electron chi connectivity index (χ1n) is 11.9. The van der Waals surface area contributed by atoms with Crippen LogP contribution < -0.4 is 11.1 Å². The van der Waals surface area contributed by atoms with E-state index in [1.54, 1.807) is 12.1 Å². The summed E-state index contributed by atoms with van der Waals surface area (Å²) in [5, 5.41) is 30.2. The van der Waals surface area contributed by atoms with Crippen molar-refractivity contribution in [2.75, 3.05) is 25.5 Å². The Labute approximate surface area is 227 Å². The van der Waals surface area contributed by atoms with E-state index in [0.29, 0.717) is 40.1 Å². The number of hydrogen-bond donors (Lipinski definition) is 5. The molecule has 0 saturated heterocycles. The van der Waals surface area contributed by atoms with E-state index in [1.807, 2.05) is 31.3 Å². The molecule has 37 heavy (non-hydrogen) atoms. The van der Waals surface area contributed by atoms with Gasteiger partial charge in [-0.2, -0.15) is 0 Å². The summed E-state index contributed by atoms with van der Waals surface area (Å²) < 4.78 is 5.67. The molecule has 0 aliphatic heterocycles. The Kier molecular flexibility index (Phi) is 16.2. The molecule has 0 spiro atoms. The van der Waals surface area contributed by atoms with Crippen molar-refractivity contribution in [3.8, 4) is 0 Å². The Morgan fingerprint density at radius 2 is 1.68 bits per heavy atom. The molecule has 0 aliphatic rings. The van der Waals surface area contributed by atoms with Crippen LogP contribution in [-0.2, 0) is 20.7 Å². The lowest BCUT2D eigenvalue weighted by molar-refractivity contribution is -0.134. The predicted molar refractivity (Wildman–Crippen MR) is 145 cm³/mol. The minimum atomic E-state index is -1.26. The van der Waals surface area contributed by atoms with Gasteiger partial charge in [0, 0.05) is 43.1 Å². The number of carboxylic acid groups (broad SMARTS) is 2. The predicted octanol–water partition coefficient (Wildman–Crippen LogP) is 4.51. The number of hydrogen-bond acceptors (Lipinski definition) is 7. The van der Waals surface area contributed by atoms with Crippen molar-refractivity contribution in [1.29, 1.82) is 0 Å². The van der Waals surface area contributed by atoms with Gasteiger partial charge in [0.15, 0.2) is 0 Å². The first-order valence-corrected chi connectivity index (χ1v) is 12.6. The highest BCUT2D eigenvalue weighted by Gasteiger charge is 2.18. The van der Waals surface area contributed by atoms with Gasteiger partial charge in [-0.15, -0.1) is 0 Å². The third kappa shape index (κ3) is 14.6. The van der Waals surface area contributed by atoms with Crippen LogP contribution in [0, 0.1) is 0 Å². The van der Waals surface area contributed by atoms with Crippen molar-refractivity contribution in [2.24, 2.45) is 0 Å². The number of benzene rings is 1. The highest BCUT2D eigenvalue weighted by atomic mass is 35.5. The number of unbranched alkanes of at least 4 members (excludes halogenated alkanes) is 3. The molecule has 2 atom stereocenters. The smallest absolute Gasteiger partial charge is 0.328 e. The van der Waals surface area contributed by atoms with Gasteiger partial charge in [-0.1, -0.05) is 42.1 Å². The molecule has 9 nitrogen and oxygen atoms in total. The second kappa shape index (κ2) is 18.5. The number of carbonyl (C=O) groups is 2. The number of halogens is 2. The summed E-state index contributed by atoms with van der Waals surface area (Å²) in [5.74, 6) is -2.51. The maximum Gasteiger partial charge on any atom is 0.328 e. The van der Waals surface area contributed by atoms with Gasteiger partial charge < -0.3 is 31.1 Å². The van der Waals surface area contributed by atoms with Crippen molar-refractivity contribution in [3.05, 3.63) is 70.0 Å². The maximum absolute atomic E-state index is 10.5. The van der Waals surface area contributed by atoms with E-state index in [2.05, 4.69) is 10.3 Å². The number of nitrogens with zero attached hydrogens (tertiary/aromatic N) is 1. The number of aliphatic carboxylic acids is 2. The van der Waals surface area contributed by atoms with Gasteiger partial charge in [0.2, 0.25) is 0 Å². The minimum absolute atomic E-state index is 0.110. The Bertz CT molecular complexity index is 953. The third-order valence-electron chi connectivity index (χ3n) is 5.20. The molecule has 1 aromatic carbocycles. The molecule has 0 fully saturated rings. The fourth-order valence-electron chi connectivity index (χ4n) is 3.15. The van der Waals surface area contributed by atoms with Crippen LogP contribution >= 0.6 is 23.2 Å². The van der Waals surface area contributed by atoms with E-state index < -0.39 is 18.0 Å². The number of nitrogen functional groups attached to an aromatic ring is 1. The standard InChI is InChI=1S/C22H31Cl2N3O2.C4H4O4/c1-16(22(28)17-14-19(23)21(25)20(24)15-17)26-10-5-2-3-7-12-29-13-9-18-8-4-6-11-27-18;5-3(6)1-2-4(7)8/h4,6,8,11,14-16,22,26,28H,2-3,5,7,9-10,12-13,25H2,1H3;1-2H,(H,5,6)(H,7,8)/b;2-1+. The van der Waals surface area contributed by atoms with E-state index >= 15 is 0 Å². The largest absolute Gasteiger partial charge is 0.478 e. The molecule has 0 bridgehead atoms. The van der Waals surface area contributed by atoms with E-state index in [-0.39, 0.29) is 6.04 Å². The molecule has 1 aromatic heterocycles. The SMILES string of the molecule is CC(NCCCCCCOCCc1ccccn1)C(O)c1cc(Cl)c(N)c(Cl)c1.O=C(O)/C=C/C(=O)O. The molecular weight excluding hydrogens is 521 g/mol. The zero-order valence-electron chi connectivity index (χ0n) is 20.8. The van der Waals surface area contributed by atoms with Crippen LogP contribution in [0.1, 0.15) is 50.0 Å². The number of rotatable bonds is 15. The van der Waals surface area contributed by atoms with Gasteiger partial charge in [-0.25, -0.2) is 9.59 Å². The van der Waals surface area contributed by atoms with Crippen LogP contribution in [0.15, 0.2) is 48.7 Å². The number of aromatic nitrogens is 1. The zero-order chi connectivity index (χ0) is 27.6. The van der Waals surface area contributed by atoms with E-state index in [0.717, 1.165) is 50.9 Å². The van der Waals surface area contributed by atoms with Crippen molar-refractivity contribution in [2.45, 2.75) is 51.2 Å². The quantitative estimate of drug-likeness (QED) is 0.121. The Morgan fingerprint density at radius 3 is 2.24 bits per heavy atom. The highest BCUT2D eigenvalue weighted by molar-refractivity contribution is 6.38. The second-order valence-electron chi connectivity index (χ2n) is 8.19. The zero-order valence-corrected chi connectivity index (χ0v) is 22.3. The minimum Gasteiger partial charge on any atom is -0.478 e. The van der Waals surface area contributed by atoms with Crippen LogP contribution in [0.5, 0.6) is 0 Å². The highest BCUT2D eigenvalue weighted by Crippen LogP contribution is 2.32. The van der Waals surface area contributed by atoms with Crippen LogP contribution in [-0.4, -0.2) is 58.0 Å². The van der Waals surface area contributed by atoms with Gasteiger partial charge in [0.1, 0.15) is 0 Å². The van der Waals surface area contributed by atoms with Crippen LogP contribution in [0.3, 0.4) is 0 Å². The summed E-state index contributed by atoms with van der Waals surface area (Å²) in [7, 11) is 0. The van der Waals surface area contributed by atoms with Crippen molar-refractivity contribution < 1.29 is 29.6 Å². The average Bonchev–Trinajstić information content (AvgIpc) is 2.87. The van der Waals surface area contributed by atoms with Crippen LogP contribution in [0.4, 0.5) is 5.69 Å². The molecular formula is C26H35Cl2N3O6. The number of pyridine rings is 1. The summed E-state index contributed by atoms with van der Waals surface area (Å²) >= 11 is 12.1. The topological polar surface area (TPSA) is 155 Å². The third-order valence-corrected chi connectivity index (χ3v) is 5.82. The first-order chi connectivity index (χ1) is 17.6. The van der Waals surface area contributed by atoms with Crippen LogP contribution in [0.25, 0.3) is 0 Å². The molecule has 0 aliphatic carbocycles. The number of anilines is 1. The fraction of sp³-hybridized carbons (Fsp3) is 0.423. The summed E-state index contributed by atoms with van der Waals surface area (Å²) in [6.45, 7) is 4.29. The summed E-state index contributed by atoms with van der Waals surface area (Å²) in [4.78, 5) is 23.4. The van der Waals surface area contributed by atoms with Crippen molar-refractivity contribution in [3.63, 3.8) is 0 Å². The molecule has 2 unspecified atom stereocenters. The number of aliphatic hydroxyl groups is 1. The summed E-state index contributed by atoms with van der Waals surface area (Å²) in [6.07, 6.45) is 7.45. The average molecular weight is 556 g/mol. The molecule has 6 N–H and O–H groups in total. The number of nitrogens with two attached hydrogens (primary N) is 1. The maximum atomic E-state index is 10.5. The first kappa shape index (κ1) is 32.3. The van der Waals surface area contributed by atoms with Crippen molar-refractivity contribution in [1.82, 2.24) is 10.3 Å². The Balaban J connectivity index is 0.000000738. The molecule has 11 heteroatoms. The van der Waals surface area contributed by atoms with Gasteiger partial charge >= 0.3 is 11.9 Å². The van der Waals surface area contributed by atoms with Gasteiger partial charge in [-0.05, 0) is 56.1 Å². The van der Waals surface area contributed by atoms with E-state index in [9.17, 15) is 14.7 Å². The molecule has 0 saturated carbocycles. The Hall–Kier alpha value is -2.69. The lowest BCUT2D eigenvalue weighted by Gasteiger charge is -2.21. The number of carboxylic acids is 2. The van der Waals surface area contributed by atoms with E-state index in [4.69, 9.17) is 43.9 Å². The lowest BCUT2D eigenvalue weighted by atomic mass is 10.0. The monoisotopic (exact) mass is 555 g/mol. The van der Waals surface area contributed by atoms with Gasteiger partial charge in [-0.3, -0.25) is 4.98 Å². The van der Waals surface area contributed by atoms with E-state index in [1.165, 1.54) is 0 Å². The summed E-state index contributed by atoms with van der Waals surface area (Å²) in [5.41, 5.74) is 7.82.